The fraction of sp³-hybridized carbons (Fsp3) is 0.250. The zero-order valence-electron chi connectivity index (χ0n) is 11.4. The lowest BCUT2D eigenvalue weighted by atomic mass is 10.1. The first-order valence-electron chi connectivity index (χ1n) is 6.08. The molecule has 0 spiro atoms. The van der Waals surface area contributed by atoms with Crippen LogP contribution in [0.4, 0.5) is 11.4 Å². The molecular formula is C16H19NO. The Labute approximate surface area is 109 Å². The first-order chi connectivity index (χ1) is 8.58. The van der Waals surface area contributed by atoms with Gasteiger partial charge in [0.1, 0.15) is 5.75 Å². The van der Waals surface area contributed by atoms with E-state index in [-0.39, 0.29) is 0 Å². The van der Waals surface area contributed by atoms with Crippen molar-refractivity contribution in [2.24, 2.45) is 0 Å². The Morgan fingerprint density at radius 2 is 1.56 bits per heavy atom. The van der Waals surface area contributed by atoms with Crippen LogP contribution in [0.2, 0.25) is 0 Å². The van der Waals surface area contributed by atoms with Crippen LogP contribution in [0.15, 0.2) is 36.4 Å². The van der Waals surface area contributed by atoms with Gasteiger partial charge in [-0.05, 0) is 67.8 Å². The van der Waals surface area contributed by atoms with Crippen molar-refractivity contribution in [3.05, 3.63) is 53.1 Å². The summed E-state index contributed by atoms with van der Waals surface area (Å²) in [6, 6.07) is 12.5. The fourth-order valence-corrected chi connectivity index (χ4v) is 2.11. The Kier molecular flexibility index (Phi) is 3.56. The molecule has 2 nitrogen and oxygen atoms in total. The normalized spacial score (nSPS) is 10.2. The van der Waals surface area contributed by atoms with E-state index in [2.05, 4.69) is 44.3 Å². The standard InChI is InChI=1S/C16H19NO/c1-11-7-12(2)9-14(8-11)17-16-6-5-15(18-4)10-13(16)3/h5-10,17H,1-4H3. The first kappa shape index (κ1) is 12.5. The molecule has 0 aliphatic heterocycles. The molecule has 0 radical (unpaired) electrons. The smallest absolute Gasteiger partial charge is 0.119 e. The van der Waals surface area contributed by atoms with E-state index in [1.807, 2.05) is 18.2 Å². The predicted octanol–water partition coefficient (Wildman–Crippen LogP) is 4.36. The van der Waals surface area contributed by atoms with Gasteiger partial charge >= 0.3 is 0 Å². The van der Waals surface area contributed by atoms with Crippen molar-refractivity contribution < 1.29 is 4.74 Å². The molecule has 2 aromatic rings. The van der Waals surface area contributed by atoms with Crippen LogP contribution in [0.3, 0.4) is 0 Å². The molecule has 0 aromatic heterocycles. The van der Waals surface area contributed by atoms with Gasteiger partial charge in [-0.2, -0.15) is 0 Å². The maximum atomic E-state index is 5.21. The van der Waals surface area contributed by atoms with E-state index in [0.717, 1.165) is 17.1 Å². The van der Waals surface area contributed by atoms with Gasteiger partial charge in [0.05, 0.1) is 7.11 Å². The van der Waals surface area contributed by atoms with Crippen molar-refractivity contribution in [2.45, 2.75) is 20.8 Å². The van der Waals surface area contributed by atoms with Crippen LogP contribution in [0, 0.1) is 20.8 Å². The topological polar surface area (TPSA) is 21.3 Å². The van der Waals surface area contributed by atoms with Gasteiger partial charge in [0, 0.05) is 11.4 Å². The molecule has 0 saturated heterocycles. The summed E-state index contributed by atoms with van der Waals surface area (Å²) in [5.74, 6) is 0.887. The SMILES string of the molecule is COc1ccc(Nc2cc(C)cc(C)c2)c(C)c1. The number of hydrogen-bond donors (Lipinski definition) is 1. The van der Waals surface area contributed by atoms with Crippen molar-refractivity contribution in [1.82, 2.24) is 0 Å². The minimum absolute atomic E-state index is 0.887. The largest absolute Gasteiger partial charge is 0.497 e. The van der Waals surface area contributed by atoms with E-state index in [1.54, 1.807) is 7.11 Å². The molecule has 0 fully saturated rings. The van der Waals surface area contributed by atoms with Gasteiger partial charge in [0.15, 0.2) is 0 Å². The summed E-state index contributed by atoms with van der Waals surface area (Å²) in [6.07, 6.45) is 0. The summed E-state index contributed by atoms with van der Waals surface area (Å²) in [4.78, 5) is 0. The van der Waals surface area contributed by atoms with Crippen molar-refractivity contribution >= 4 is 11.4 Å². The molecule has 0 bridgehead atoms. The summed E-state index contributed by atoms with van der Waals surface area (Å²) >= 11 is 0. The molecule has 2 rings (SSSR count). The molecule has 0 unspecified atom stereocenters. The molecule has 18 heavy (non-hydrogen) atoms. The van der Waals surface area contributed by atoms with Crippen LogP contribution >= 0.6 is 0 Å². The zero-order chi connectivity index (χ0) is 13.1. The van der Waals surface area contributed by atoms with Gasteiger partial charge < -0.3 is 10.1 Å². The van der Waals surface area contributed by atoms with E-state index in [4.69, 9.17) is 4.74 Å². The summed E-state index contributed by atoms with van der Waals surface area (Å²) < 4.78 is 5.21. The van der Waals surface area contributed by atoms with Crippen LogP contribution in [0.5, 0.6) is 5.75 Å². The molecule has 1 N–H and O–H groups in total. The van der Waals surface area contributed by atoms with E-state index in [1.165, 1.54) is 16.7 Å². The van der Waals surface area contributed by atoms with Gasteiger partial charge in [-0.25, -0.2) is 0 Å². The monoisotopic (exact) mass is 241 g/mol. The van der Waals surface area contributed by atoms with Crippen molar-refractivity contribution in [1.29, 1.82) is 0 Å². The third-order valence-corrected chi connectivity index (χ3v) is 2.93. The fourth-order valence-electron chi connectivity index (χ4n) is 2.11. The lowest BCUT2D eigenvalue weighted by Crippen LogP contribution is -1.95. The number of nitrogens with one attached hydrogen (secondary N) is 1. The molecule has 0 saturated carbocycles. The molecular weight excluding hydrogens is 222 g/mol. The molecule has 0 aliphatic carbocycles. The van der Waals surface area contributed by atoms with Crippen LogP contribution in [-0.4, -0.2) is 7.11 Å². The van der Waals surface area contributed by atoms with Gasteiger partial charge in [0.25, 0.3) is 0 Å². The second-order valence-corrected chi connectivity index (χ2v) is 4.68. The van der Waals surface area contributed by atoms with Crippen LogP contribution < -0.4 is 10.1 Å². The number of ether oxygens (including phenoxy) is 1. The van der Waals surface area contributed by atoms with Crippen LogP contribution in [0.1, 0.15) is 16.7 Å². The maximum absolute atomic E-state index is 5.21. The average Bonchev–Trinajstić information content (AvgIpc) is 2.30. The highest BCUT2D eigenvalue weighted by atomic mass is 16.5. The van der Waals surface area contributed by atoms with Gasteiger partial charge in [-0.15, -0.1) is 0 Å². The minimum atomic E-state index is 0.887. The number of hydrogen-bond acceptors (Lipinski definition) is 2. The lowest BCUT2D eigenvalue weighted by Gasteiger charge is -2.12. The minimum Gasteiger partial charge on any atom is -0.497 e. The average molecular weight is 241 g/mol. The molecule has 2 aromatic carbocycles. The third kappa shape index (κ3) is 2.83. The molecule has 0 heterocycles. The van der Waals surface area contributed by atoms with Crippen molar-refractivity contribution in [2.75, 3.05) is 12.4 Å². The number of rotatable bonds is 3. The van der Waals surface area contributed by atoms with Crippen LogP contribution in [0.25, 0.3) is 0 Å². The van der Waals surface area contributed by atoms with E-state index >= 15 is 0 Å². The Morgan fingerprint density at radius 1 is 0.889 bits per heavy atom. The number of anilines is 2. The molecule has 0 amide bonds. The predicted molar refractivity (Wildman–Crippen MR) is 76.9 cm³/mol. The van der Waals surface area contributed by atoms with E-state index < -0.39 is 0 Å². The summed E-state index contributed by atoms with van der Waals surface area (Å²) in [7, 11) is 1.69. The lowest BCUT2D eigenvalue weighted by molar-refractivity contribution is 0.414. The summed E-state index contributed by atoms with van der Waals surface area (Å²) in [5.41, 5.74) is 5.95. The van der Waals surface area contributed by atoms with Crippen molar-refractivity contribution in [3.63, 3.8) is 0 Å². The molecule has 94 valence electrons. The van der Waals surface area contributed by atoms with Gasteiger partial charge in [-0.1, -0.05) is 6.07 Å². The Bertz CT molecular complexity index is 541. The molecule has 0 aliphatic rings. The van der Waals surface area contributed by atoms with Gasteiger partial charge in [0.2, 0.25) is 0 Å². The second kappa shape index (κ2) is 5.13. The van der Waals surface area contributed by atoms with E-state index in [0.29, 0.717) is 0 Å². The summed E-state index contributed by atoms with van der Waals surface area (Å²) in [5, 5.41) is 3.45. The summed E-state index contributed by atoms with van der Waals surface area (Å²) in [6.45, 7) is 6.30. The zero-order valence-corrected chi connectivity index (χ0v) is 11.4. The maximum Gasteiger partial charge on any atom is 0.119 e. The quantitative estimate of drug-likeness (QED) is 0.861. The molecule has 0 atom stereocenters. The highest BCUT2D eigenvalue weighted by Crippen LogP contribution is 2.25. The molecule has 2 heteroatoms. The first-order valence-corrected chi connectivity index (χ1v) is 6.08. The Morgan fingerprint density at radius 3 is 2.11 bits per heavy atom. The highest BCUT2D eigenvalue weighted by Gasteiger charge is 2.02. The third-order valence-electron chi connectivity index (χ3n) is 2.93. The number of methoxy groups -OCH3 is 1. The van der Waals surface area contributed by atoms with Gasteiger partial charge in [-0.3, -0.25) is 0 Å². The Hall–Kier alpha value is -1.96. The highest BCUT2D eigenvalue weighted by molar-refractivity contribution is 5.65. The van der Waals surface area contributed by atoms with Crippen LogP contribution in [-0.2, 0) is 0 Å². The van der Waals surface area contributed by atoms with Crippen molar-refractivity contribution in [3.8, 4) is 5.75 Å². The van der Waals surface area contributed by atoms with E-state index in [9.17, 15) is 0 Å². The second-order valence-electron chi connectivity index (χ2n) is 4.68. The number of benzene rings is 2. The number of aryl methyl sites for hydroxylation is 3. The Balaban J connectivity index is 2.28.